The third-order valence-corrected chi connectivity index (χ3v) is 4.49. The van der Waals surface area contributed by atoms with E-state index in [0.29, 0.717) is 25.8 Å². The predicted molar refractivity (Wildman–Crippen MR) is 113 cm³/mol. The zero-order valence-corrected chi connectivity index (χ0v) is 18.0. The van der Waals surface area contributed by atoms with Crippen molar-refractivity contribution >= 4 is 48.3 Å². The Morgan fingerprint density at radius 1 is 0.750 bits per heavy atom. The number of nitrogens with two attached hydrogens (primary N) is 2. The molecule has 0 rings (SSSR count). The molecule has 0 fully saturated rings. The minimum absolute atomic E-state index is 0.217. The van der Waals surface area contributed by atoms with Gasteiger partial charge in [0.2, 0.25) is 17.7 Å². The van der Waals surface area contributed by atoms with Crippen molar-refractivity contribution in [2.75, 3.05) is 12.3 Å². The van der Waals surface area contributed by atoms with Gasteiger partial charge in [-0.1, -0.05) is 6.42 Å². The molecule has 15 heteroatoms. The topological polar surface area (TPSA) is 251 Å². The van der Waals surface area contributed by atoms with Gasteiger partial charge in [0, 0.05) is 5.75 Å². The number of carbonyl (C=O) groups excluding carboxylic acids is 3. The zero-order valence-electron chi connectivity index (χ0n) is 17.2. The van der Waals surface area contributed by atoms with E-state index in [0.717, 1.165) is 0 Å². The molecule has 0 saturated carbocycles. The fourth-order valence-corrected chi connectivity index (χ4v) is 2.67. The predicted octanol–water partition coefficient (Wildman–Crippen LogP) is -3.14. The van der Waals surface area contributed by atoms with Gasteiger partial charge in [-0.3, -0.25) is 24.0 Å². The Hall–Kier alpha value is -2.91. The zero-order chi connectivity index (χ0) is 24.8. The molecule has 10 N–H and O–H groups in total. The smallest absolute Gasteiger partial charge is 0.326 e. The minimum atomic E-state index is -1.85. The highest BCUT2D eigenvalue weighted by Crippen LogP contribution is 2.02. The average molecular weight is 480 g/mol. The van der Waals surface area contributed by atoms with Gasteiger partial charge in [-0.05, 0) is 19.4 Å². The van der Waals surface area contributed by atoms with Crippen LogP contribution in [0.3, 0.4) is 0 Å². The number of thiol groups is 1. The Balaban J connectivity index is 5.21. The number of carboxylic acids is 3. The maximum atomic E-state index is 12.5. The summed E-state index contributed by atoms with van der Waals surface area (Å²) in [5.41, 5.74) is 11.1. The summed E-state index contributed by atoms with van der Waals surface area (Å²) >= 11 is 3.96. The summed E-state index contributed by atoms with van der Waals surface area (Å²) in [5, 5.41) is 33.1. The molecular formula is C17H29N5O9S. The molecule has 0 saturated heterocycles. The summed E-state index contributed by atoms with van der Waals surface area (Å²) in [6.45, 7) is 0.429. The van der Waals surface area contributed by atoms with Crippen molar-refractivity contribution in [2.45, 2.75) is 56.3 Å². The second kappa shape index (κ2) is 15.0. The number of carbonyl (C=O) groups is 6. The molecule has 4 unspecified atom stereocenters. The standard InChI is InChI=1S/C17H29N5O9S/c18-4-2-1-3-8(19)14(27)22-11(7-32)16(29)20-9(5-12(23)24)15(28)21-10(17(30)31)6-13(25)26/h8-11,32H,1-7,18-19H2,(H,20,29)(H,21,28)(H,22,27)(H,23,24)(H,25,26)(H,30,31). The first kappa shape index (κ1) is 29.1. The van der Waals surface area contributed by atoms with Gasteiger partial charge >= 0.3 is 17.9 Å². The van der Waals surface area contributed by atoms with Crippen molar-refractivity contribution in [1.29, 1.82) is 0 Å². The molecular weight excluding hydrogens is 450 g/mol. The van der Waals surface area contributed by atoms with E-state index >= 15 is 0 Å². The Morgan fingerprint density at radius 2 is 1.22 bits per heavy atom. The average Bonchev–Trinajstić information content (AvgIpc) is 2.69. The highest BCUT2D eigenvalue weighted by Gasteiger charge is 2.31. The summed E-state index contributed by atoms with van der Waals surface area (Å²) in [4.78, 5) is 69.9. The first-order valence-corrected chi connectivity index (χ1v) is 10.2. The second-order valence-corrected chi connectivity index (χ2v) is 7.16. The summed E-state index contributed by atoms with van der Waals surface area (Å²) in [7, 11) is 0. The van der Waals surface area contributed by atoms with E-state index in [2.05, 4.69) is 23.3 Å². The van der Waals surface area contributed by atoms with Crippen molar-refractivity contribution in [3.8, 4) is 0 Å². The van der Waals surface area contributed by atoms with Gasteiger partial charge in [0.25, 0.3) is 0 Å². The third kappa shape index (κ3) is 11.5. The fraction of sp³-hybridized carbons (Fsp3) is 0.647. The van der Waals surface area contributed by atoms with Gasteiger partial charge < -0.3 is 42.7 Å². The van der Waals surface area contributed by atoms with Crippen LogP contribution in [0.4, 0.5) is 0 Å². The van der Waals surface area contributed by atoms with Gasteiger partial charge in [0.05, 0.1) is 18.9 Å². The number of hydrogen-bond donors (Lipinski definition) is 9. The summed E-state index contributed by atoms with van der Waals surface area (Å²) < 4.78 is 0. The molecule has 0 aromatic heterocycles. The van der Waals surface area contributed by atoms with Crippen LogP contribution in [0.5, 0.6) is 0 Å². The van der Waals surface area contributed by atoms with Crippen LogP contribution in [0, 0.1) is 0 Å². The lowest BCUT2D eigenvalue weighted by Gasteiger charge is -2.23. The maximum Gasteiger partial charge on any atom is 0.326 e. The van der Waals surface area contributed by atoms with Crippen LogP contribution in [-0.2, 0) is 28.8 Å². The number of unbranched alkanes of at least 4 members (excludes halogenated alkanes) is 1. The normalized spacial score (nSPS) is 14.3. The lowest BCUT2D eigenvalue weighted by molar-refractivity contribution is -0.148. The third-order valence-electron chi connectivity index (χ3n) is 4.13. The van der Waals surface area contributed by atoms with E-state index in [9.17, 15) is 28.8 Å². The number of nitrogens with one attached hydrogen (secondary N) is 3. The summed E-state index contributed by atoms with van der Waals surface area (Å²) in [6.07, 6.45) is -0.337. The maximum absolute atomic E-state index is 12.5. The highest BCUT2D eigenvalue weighted by molar-refractivity contribution is 7.80. The Bertz CT molecular complexity index is 706. The number of hydrogen-bond acceptors (Lipinski definition) is 9. The van der Waals surface area contributed by atoms with Crippen LogP contribution in [0.1, 0.15) is 32.1 Å². The Morgan fingerprint density at radius 3 is 1.69 bits per heavy atom. The molecule has 32 heavy (non-hydrogen) atoms. The Kier molecular flexibility index (Phi) is 13.6. The molecule has 0 spiro atoms. The van der Waals surface area contributed by atoms with E-state index < -0.39 is 72.6 Å². The molecule has 0 aliphatic carbocycles. The molecule has 0 aromatic carbocycles. The first-order chi connectivity index (χ1) is 14.9. The van der Waals surface area contributed by atoms with Gasteiger partial charge in [-0.15, -0.1) is 0 Å². The van der Waals surface area contributed by atoms with E-state index in [1.165, 1.54) is 0 Å². The summed E-state index contributed by atoms with van der Waals surface area (Å²) in [5.74, 6) is -7.74. The quantitative estimate of drug-likeness (QED) is 0.0789. The van der Waals surface area contributed by atoms with Gasteiger partial charge in [-0.2, -0.15) is 12.6 Å². The largest absolute Gasteiger partial charge is 0.481 e. The van der Waals surface area contributed by atoms with E-state index in [1.807, 2.05) is 5.32 Å². The molecule has 0 aliphatic heterocycles. The van der Waals surface area contributed by atoms with Crippen molar-refractivity contribution in [3.63, 3.8) is 0 Å². The molecule has 0 bridgehead atoms. The SMILES string of the molecule is NCCCCC(N)C(=O)NC(CS)C(=O)NC(CC(=O)O)C(=O)NC(CC(=O)O)C(=O)O. The fourth-order valence-electron chi connectivity index (χ4n) is 2.42. The lowest BCUT2D eigenvalue weighted by Crippen LogP contribution is -2.58. The van der Waals surface area contributed by atoms with Crippen LogP contribution in [0.25, 0.3) is 0 Å². The Labute approximate surface area is 188 Å². The molecule has 0 aliphatic rings. The number of aliphatic carboxylic acids is 3. The molecule has 182 valence electrons. The molecule has 14 nitrogen and oxygen atoms in total. The summed E-state index contributed by atoms with van der Waals surface area (Å²) in [6, 6.07) is -5.79. The van der Waals surface area contributed by atoms with Crippen LogP contribution >= 0.6 is 12.6 Å². The second-order valence-electron chi connectivity index (χ2n) is 6.79. The van der Waals surface area contributed by atoms with Crippen molar-refractivity contribution in [3.05, 3.63) is 0 Å². The molecule has 4 atom stereocenters. The molecule has 0 heterocycles. The number of amides is 3. The van der Waals surface area contributed by atoms with Gasteiger partial charge in [0.15, 0.2) is 0 Å². The van der Waals surface area contributed by atoms with Crippen molar-refractivity contribution in [1.82, 2.24) is 16.0 Å². The van der Waals surface area contributed by atoms with Crippen molar-refractivity contribution < 1.29 is 44.1 Å². The monoisotopic (exact) mass is 479 g/mol. The van der Waals surface area contributed by atoms with E-state index in [4.69, 9.17) is 26.8 Å². The van der Waals surface area contributed by atoms with E-state index in [1.54, 1.807) is 0 Å². The van der Waals surface area contributed by atoms with Crippen LogP contribution in [0.2, 0.25) is 0 Å². The van der Waals surface area contributed by atoms with Crippen LogP contribution in [-0.4, -0.2) is 87.4 Å². The highest BCUT2D eigenvalue weighted by atomic mass is 32.1. The first-order valence-electron chi connectivity index (χ1n) is 9.56. The molecule has 0 aromatic rings. The van der Waals surface area contributed by atoms with Crippen LogP contribution < -0.4 is 27.4 Å². The van der Waals surface area contributed by atoms with Crippen LogP contribution in [0.15, 0.2) is 0 Å². The lowest BCUT2D eigenvalue weighted by atomic mass is 10.1. The number of carboxylic acid groups (broad SMARTS) is 3. The van der Waals surface area contributed by atoms with Gasteiger partial charge in [-0.25, -0.2) is 4.79 Å². The van der Waals surface area contributed by atoms with Crippen molar-refractivity contribution in [2.24, 2.45) is 11.5 Å². The minimum Gasteiger partial charge on any atom is -0.481 e. The molecule has 0 radical (unpaired) electrons. The van der Waals surface area contributed by atoms with Gasteiger partial charge in [0.1, 0.15) is 18.1 Å². The van der Waals surface area contributed by atoms with E-state index in [-0.39, 0.29) is 5.75 Å². The molecule has 3 amide bonds. The number of rotatable bonds is 16.